The van der Waals surface area contributed by atoms with Crippen LogP contribution < -0.4 is 0 Å². The summed E-state index contributed by atoms with van der Waals surface area (Å²) in [6.07, 6.45) is 13.0. The molecule has 2 spiro atoms. The summed E-state index contributed by atoms with van der Waals surface area (Å²) in [6, 6.07) is 0. The molecular weight excluding hydrogens is 436 g/mol. The van der Waals surface area contributed by atoms with Crippen molar-refractivity contribution in [2.45, 2.75) is 130 Å². The summed E-state index contributed by atoms with van der Waals surface area (Å²) in [5.74, 6) is 2.69. The molecule has 5 aliphatic carbocycles. The lowest BCUT2D eigenvalue weighted by molar-refractivity contribution is -0.180. The molecule has 5 aliphatic rings. The maximum absolute atomic E-state index is 10.6. The summed E-state index contributed by atoms with van der Waals surface area (Å²) in [7, 11) is 1.85. The zero-order valence-corrected chi connectivity index (χ0v) is 23.7. The van der Waals surface area contributed by atoms with Gasteiger partial charge in [0.05, 0.1) is 24.4 Å². The topological polar surface area (TPSA) is 69.9 Å². The number of hydrogen-bond donors (Lipinski definition) is 3. The van der Waals surface area contributed by atoms with Crippen LogP contribution in [0.1, 0.15) is 112 Å². The van der Waals surface area contributed by atoms with Crippen molar-refractivity contribution in [3.63, 3.8) is 0 Å². The minimum atomic E-state index is -1.02. The fraction of sp³-hybridized carbons (Fsp3) is 1.00. The standard InChI is InChI=1S/C31H54O4/c1-20(8-11-24(33)26(2,3)34)21-12-14-29(6)23-10-9-22-27(4,19-32)25(35-7)13-15-30(22)18-31(23,30)17-16-28(21,29)5/h20-25,32-34H,8-19H2,1-7H3. The summed E-state index contributed by atoms with van der Waals surface area (Å²) in [6.45, 7) is 13.7. The Morgan fingerprint density at radius 2 is 1.54 bits per heavy atom. The Morgan fingerprint density at radius 1 is 0.886 bits per heavy atom. The summed E-state index contributed by atoms with van der Waals surface area (Å²) in [5.41, 5.74) is 0.567. The van der Waals surface area contributed by atoms with Gasteiger partial charge in [0, 0.05) is 12.5 Å². The number of aliphatic hydroxyl groups excluding tert-OH is 2. The Kier molecular flexibility index (Phi) is 6.17. The number of fused-ring (bicyclic) bond motifs is 2. The van der Waals surface area contributed by atoms with Crippen molar-refractivity contribution in [3.05, 3.63) is 0 Å². The Hall–Kier alpha value is -0.160. The summed E-state index contributed by atoms with van der Waals surface area (Å²) in [5, 5.41) is 31.2. The lowest BCUT2D eigenvalue weighted by atomic mass is 9.41. The first-order valence-electron chi connectivity index (χ1n) is 14.8. The van der Waals surface area contributed by atoms with Crippen LogP contribution in [0.4, 0.5) is 0 Å². The van der Waals surface area contributed by atoms with Crippen LogP contribution in [-0.2, 0) is 4.74 Å². The molecule has 11 unspecified atom stereocenters. The molecule has 35 heavy (non-hydrogen) atoms. The molecule has 4 heteroatoms. The van der Waals surface area contributed by atoms with Crippen LogP contribution in [0.25, 0.3) is 0 Å². The van der Waals surface area contributed by atoms with Gasteiger partial charge in [0.25, 0.3) is 0 Å². The molecule has 0 saturated heterocycles. The molecule has 0 aromatic carbocycles. The zero-order chi connectivity index (χ0) is 25.7. The van der Waals surface area contributed by atoms with E-state index in [1.54, 1.807) is 13.8 Å². The van der Waals surface area contributed by atoms with Crippen LogP contribution in [0.3, 0.4) is 0 Å². The second-order valence-corrected chi connectivity index (χ2v) is 15.3. The van der Waals surface area contributed by atoms with E-state index in [9.17, 15) is 15.3 Å². The summed E-state index contributed by atoms with van der Waals surface area (Å²) >= 11 is 0. The van der Waals surface area contributed by atoms with Gasteiger partial charge in [-0.25, -0.2) is 0 Å². The highest BCUT2D eigenvalue weighted by Crippen LogP contribution is 2.89. The molecule has 0 amide bonds. The Labute approximate surface area is 214 Å². The maximum Gasteiger partial charge on any atom is 0.0849 e. The fourth-order valence-corrected chi connectivity index (χ4v) is 11.7. The largest absolute Gasteiger partial charge is 0.396 e. The lowest BCUT2D eigenvalue weighted by Crippen LogP contribution is -2.59. The smallest absolute Gasteiger partial charge is 0.0849 e. The van der Waals surface area contributed by atoms with E-state index >= 15 is 0 Å². The van der Waals surface area contributed by atoms with Gasteiger partial charge < -0.3 is 20.1 Å². The van der Waals surface area contributed by atoms with Gasteiger partial charge in [-0.15, -0.1) is 0 Å². The Balaban J connectivity index is 1.37. The average molecular weight is 491 g/mol. The molecule has 0 heterocycles. The van der Waals surface area contributed by atoms with E-state index in [1.165, 1.54) is 51.4 Å². The predicted octanol–water partition coefficient (Wildman–Crippen LogP) is 5.96. The quantitative estimate of drug-likeness (QED) is 0.412. The molecule has 11 atom stereocenters. The molecule has 5 rings (SSSR count). The van der Waals surface area contributed by atoms with Crippen LogP contribution in [0, 0.1) is 50.7 Å². The van der Waals surface area contributed by atoms with Crippen molar-refractivity contribution in [2.75, 3.05) is 13.7 Å². The van der Waals surface area contributed by atoms with Gasteiger partial charge in [-0.1, -0.05) is 27.7 Å². The van der Waals surface area contributed by atoms with Crippen molar-refractivity contribution in [1.29, 1.82) is 0 Å². The van der Waals surface area contributed by atoms with Crippen molar-refractivity contribution in [2.24, 2.45) is 50.7 Å². The van der Waals surface area contributed by atoms with E-state index in [0.717, 1.165) is 18.8 Å². The van der Waals surface area contributed by atoms with Crippen LogP contribution in [0.5, 0.6) is 0 Å². The van der Waals surface area contributed by atoms with Gasteiger partial charge in [0.2, 0.25) is 0 Å². The van der Waals surface area contributed by atoms with Crippen LogP contribution in [-0.4, -0.2) is 46.8 Å². The molecule has 5 saturated carbocycles. The number of aliphatic hydroxyl groups is 3. The van der Waals surface area contributed by atoms with Gasteiger partial charge in [0.1, 0.15) is 0 Å². The van der Waals surface area contributed by atoms with E-state index in [0.29, 0.717) is 45.8 Å². The monoisotopic (exact) mass is 490 g/mol. The average Bonchev–Trinajstić information content (AvgIpc) is 3.38. The van der Waals surface area contributed by atoms with Crippen LogP contribution >= 0.6 is 0 Å². The molecule has 0 radical (unpaired) electrons. The van der Waals surface area contributed by atoms with Crippen molar-refractivity contribution < 1.29 is 20.1 Å². The Morgan fingerprint density at radius 3 is 2.17 bits per heavy atom. The van der Waals surface area contributed by atoms with Crippen LogP contribution in [0.15, 0.2) is 0 Å². The van der Waals surface area contributed by atoms with Crippen LogP contribution in [0.2, 0.25) is 0 Å². The van der Waals surface area contributed by atoms with E-state index < -0.39 is 11.7 Å². The van der Waals surface area contributed by atoms with Gasteiger partial charge in [0.15, 0.2) is 0 Å². The fourth-order valence-electron chi connectivity index (χ4n) is 11.7. The minimum absolute atomic E-state index is 0.100. The highest BCUT2D eigenvalue weighted by atomic mass is 16.5. The summed E-state index contributed by atoms with van der Waals surface area (Å²) in [4.78, 5) is 0. The van der Waals surface area contributed by atoms with E-state index in [4.69, 9.17) is 4.74 Å². The molecular formula is C31H54O4. The molecule has 0 bridgehead atoms. The van der Waals surface area contributed by atoms with Gasteiger partial charge >= 0.3 is 0 Å². The van der Waals surface area contributed by atoms with E-state index in [1.807, 2.05) is 7.11 Å². The van der Waals surface area contributed by atoms with E-state index in [-0.39, 0.29) is 18.1 Å². The second kappa shape index (κ2) is 8.17. The van der Waals surface area contributed by atoms with Crippen molar-refractivity contribution >= 4 is 0 Å². The number of hydrogen-bond acceptors (Lipinski definition) is 4. The van der Waals surface area contributed by atoms with Crippen molar-refractivity contribution in [1.82, 2.24) is 0 Å². The molecule has 4 nitrogen and oxygen atoms in total. The second-order valence-electron chi connectivity index (χ2n) is 15.3. The molecule has 5 fully saturated rings. The highest BCUT2D eigenvalue weighted by Gasteiger charge is 2.82. The molecule has 202 valence electrons. The van der Waals surface area contributed by atoms with Crippen molar-refractivity contribution in [3.8, 4) is 0 Å². The molecule has 0 aromatic heterocycles. The number of methoxy groups -OCH3 is 1. The third-order valence-corrected chi connectivity index (χ3v) is 13.9. The number of rotatable bonds is 7. The van der Waals surface area contributed by atoms with Gasteiger partial charge in [-0.3, -0.25) is 0 Å². The summed E-state index contributed by atoms with van der Waals surface area (Å²) < 4.78 is 5.96. The maximum atomic E-state index is 10.6. The first kappa shape index (κ1) is 26.4. The lowest BCUT2D eigenvalue weighted by Gasteiger charge is -2.63. The third-order valence-electron chi connectivity index (χ3n) is 13.9. The molecule has 3 N–H and O–H groups in total. The number of ether oxygens (including phenoxy) is 1. The highest BCUT2D eigenvalue weighted by molar-refractivity contribution is 5.31. The van der Waals surface area contributed by atoms with Gasteiger partial charge in [-0.05, 0) is 130 Å². The first-order chi connectivity index (χ1) is 16.3. The normalized spacial score (nSPS) is 52.6. The van der Waals surface area contributed by atoms with Gasteiger partial charge in [-0.2, -0.15) is 0 Å². The molecule has 0 aliphatic heterocycles. The predicted molar refractivity (Wildman–Crippen MR) is 140 cm³/mol. The SMILES string of the molecule is COC1CCC23CC24CCC2(C)C(C(C)CCC(O)C(C)(C)O)CCC2(C)C4CCC3C1(C)CO. The third kappa shape index (κ3) is 3.31. The molecule has 0 aromatic rings. The Bertz CT molecular complexity index is 821. The zero-order valence-electron chi connectivity index (χ0n) is 23.7. The minimum Gasteiger partial charge on any atom is -0.396 e. The van der Waals surface area contributed by atoms with E-state index in [2.05, 4.69) is 27.7 Å². The first-order valence-corrected chi connectivity index (χ1v) is 14.8.